The van der Waals surface area contributed by atoms with Crippen molar-refractivity contribution in [1.82, 2.24) is 0 Å². The molecule has 0 saturated heterocycles. The summed E-state index contributed by atoms with van der Waals surface area (Å²) in [7, 11) is 3.01. The maximum absolute atomic E-state index is 12.6. The molecule has 1 aromatic heterocycles. The number of allylic oxidation sites excluding steroid dienone is 1. The van der Waals surface area contributed by atoms with Crippen LogP contribution in [0.3, 0.4) is 0 Å². The Morgan fingerprint density at radius 2 is 1.87 bits per heavy atom. The lowest BCUT2D eigenvalue weighted by Crippen LogP contribution is -2.13. The third-order valence-electron chi connectivity index (χ3n) is 4.53. The molecule has 4 rings (SSSR count). The Morgan fingerprint density at radius 3 is 2.60 bits per heavy atom. The summed E-state index contributed by atoms with van der Waals surface area (Å²) in [6.45, 7) is -0.217. The van der Waals surface area contributed by atoms with E-state index >= 15 is 0 Å². The molecule has 1 aliphatic heterocycles. The summed E-state index contributed by atoms with van der Waals surface area (Å²) in [6.07, 6.45) is 3.04. The van der Waals surface area contributed by atoms with Crippen molar-refractivity contribution in [1.29, 1.82) is 0 Å². The van der Waals surface area contributed by atoms with Crippen LogP contribution in [0.5, 0.6) is 23.0 Å². The highest BCUT2D eigenvalue weighted by atomic mass is 16.5. The first-order chi connectivity index (χ1) is 14.6. The van der Waals surface area contributed by atoms with Gasteiger partial charge in [0.2, 0.25) is 11.6 Å². The number of hydrogen-bond donors (Lipinski definition) is 0. The number of carbonyl (C=O) groups is 2. The van der Waals surface area contributed by atoms with Gasteiger partial charge in [-0.1, -0.05) is 0 Å². The van der Waals surface area contributed by atoms with E-state index in [1.807, 2.05) is 0 Å². The van der Waals surface area contributed by atoms with Crippen LogP contribution < -0.4 is 18.9 Å². The van der Waals surface area contributed by atoms with Crippen LogP contribution in [0.1, 0.15) is 26.5 Å². The number of furan rings is 1. The summed E-state index contributed by atoms with van der Waals surface area (Å²) >= 11 is 0. The average molecular weight is 406 g/mol. The molecule has 0 atom stereocenters. The molecule has 2 aromatic carbocycles. The van der Waals surface area contributed by atoms with Crippen LogP contribution in [-0.2, 0) is 0 Å². The first kappa shape index (κ1) is 19.3. The molecule has 0 spiro atoms. The maximum Gasteiger partial charge on any atom is 0.232 e. The summed E-state index contributed by atoms with van der Waals surface area (Å²) in [5.74, 6) is 1.89. The smallest absolute Gasteiger partial charge is 0.232 e. The number of ether oxygens (including phenoxy) is 4. The van der Waals surface area contributed by atoms with Gasteiger partial charge in [-0.3, -0.25) is 9.59 Å². The molecule has 152 valence electrons. The zero-order valence-electron chi connectivity index (χ0n) is 16.3. The van der Waals surface area contributed by atoms with E-state index in [9.17, 15) is 9.59 Å². The molecule has 0 unspecified atom stereocenters. The Bertz CT molecular complexity index is 1130. The molecule has 0 N–H and O–H groups in total. The second-order valence-corrected chi connectivity index (χ2v) is 6.39. The van der Waals surface area contributed by atoms with E-state index in [-0.39, 0.29) is 23.9 Å². The largest absolute Gasteiger partial charge is 0.497 e. The lowest BCUT2D eigenvalue weighted by Gasteiger charge is -2.11. The normalized spacial score (nSPS) is 13.7. The first-order valence-corrected chi connectivity index (χ1v) is 9.09. The highest BCUT2D eigenvalue weighted by Gasteiger charge is 2.28. The third-order valence-corrected chi connectivity index (χ3v) is 4.53. The van der Waals surface area contributed by atoms with E-state index in [4.69, 9.17) is 23.4 Å². The van der Waals surface area contributed by atoms with Gasteiger partial charge in [-0.2, -0.15) is 0 Å². The minimum Gasteiger partial charge on any atom is -0.497 e. The summed E-state index contributed by atoms with van der Waals surface area (Å²) in [5.41, 5.74) is 0.772. The second kappa shape index (κ2) is 8.16. The summed E-state index contributed by atoms with van der Waals surface area (Å²) in [6, 6.07) is 13.2. The SMILES string of the molecule is COc1ccc(OC)c(C(=O)COc2ccc3c(c2)OC(=Cc2ccco2)C3=O)c1. The zero-order valence-corrected chi connectivity index (χ0v) is 16.3. The van der Waals surface area contributed by atoms with Crippen molar-refractivity contribution in [2.75, 3.05) is 20.8 Å². The Labute approximate surface area is 172 Å². The average Bonchev–Trinajstić information content (AvgIpc) is 3.39. The Morgan fingerprint density at radius 1 is 1.03 bits per heavy atom. The third kappa shape index (κ3) is 3.77. The van der Waals surface area contributed by atoms with Crippen LogP contribution in [-0.4, -0.2) is 32.4 Å². The molecular formula is C23H18O7. The van der Waals surface area contributed by atoms with Crippen molar-refractivity contribution in [3.8, 4) is 23.0 Å². The molecule has 0 fully saturated rings. The molecule has 7 nitrogen and oxygen atoms in total. The van der Waals surface area contributed by atoms with Gasteiger partial charge in [0.15, 0.2) is 12.4 Å². The maximum atomic E-state index is 12.6. The van der Waals surface area contributed by atoms with Gasteiger partial charge in [0.25, 0.3) is 0 Å². The number of methoxy groups -OCH3 is 2. The Kier molecular flexibility index (Phi) is 5.26. The van der Waals surface area contributed by atoms with Gasteiger partial charge in [-0.25, -0.2) is 0 Å². The van der Waals surface area contributed by atoms with Crippen molar-refractivity contribution >= 4 is 17.6 Å². The number of Topliss-reactive ketones (excluding diaryl/α,β-unsaturated/α-hetero) is 2. The molecule has 0 saturated carbocycles. The number of rotatable bonds is 7. The molecule has 0 aliphatic carbocycles. The highest BCUT2D eigenvalue weighted by molar-refractivity contribution is 6.14. The molecule has 1 aliphatic rings. The lowest BCUT2D eigenvalue weighted by atomic mass is 10.1. The van der Waals surface area contributed by atoms with Crippen molar-refractivity contribution in [2.24, 2.45) is 0 Å². The molecule has 0 amide bonds. The van der Waals surface area contributed by atoms with Gasteiger partial charge in [0.1, 0.15) is 28.8 Å². The van der Waals surface area contributed by atoms with Crippen LogP contribution in [0.2, 0.25) is 0 Å². The molecule has 0 radical (unpaired) electrons. The quantitative estimate of drug-likeness (QED) is 0.430. The number of hydrogen-bond acceptors (Lipinski definition) is 7. The lowest BCUT2D eigenvalue weighted by molar-refractivity contribution is 0.0917. The van der Waals surface area contributed by atoms with Crippen molar-refractivity contribution < 1.29 is 33.0 Å². The van der Waals surface area contributed by atoms with E-state index in [0.29, 0.717) is 39.9 Å². The van der Waals surface area contributed by atoms with Crippen LogP contribution in [0.25, 0.3) is 6.08 Å². The molecular weight excluding hydrogens is 388 g/mol. The van der Waals surface area contributed by atoms with Gasteiger partial charge in [0, 0.05) is 12.1 Å². The van der Waals surface area contributed by atoms with E-state index in [2.05, 4.69) is 0 Å². The number of ketones is 2. The van der Waals surface area contributed by atoms with Gasteiger partial charge < -0.3 is 23.4 Å². The van der Waals surface area contributed by atoms with Gasteiger partial charge in [0.05, 0.1) is 31.6 Å². The van der Waals surface area contributed by atoms with Crippen LogP contribution in [0, 0.1) is 0 Å². The Balaban J connectivity index is 1.48. The number of carbonyl (C=O) groups excluding carboxylic acids is 2. The van der Waals surface area contributed by atoms with Gasteiger partial charge >= 0.3 is 0 Å². The van der Waals surface area contributed by atoms with Gasteiger partial charge in [-0.05, 0) is 42.5 Å². The van der Waals surface area contributed by atoms with Crippen LogP contribution >= 0.6 is 0 Å². The Hall–Kier alpha value is -4.00. The van der Waals surface area contributed by atoms with Crippen LogP contribution in [0.4, 0.5) is 0 Å². The van der Waals surface area contributed by atoms with E-state index in [1.54, 1.807) is 48.5 Å². The summed E-state index contributed by atoms with van der Waals surface area (Å²) in [4.78, 5) is 25.1. The fraction of sp³-hybridized carbons (Fsp3) is 0.130. The fourth-order valence-corrected chi connectivity index (χ4v) is 3.02. The second-order valence-electron chi connectivity index (χ2n) is 6.39. The van der Waals surface area contributed by atoms with E-state index in [1.165, 1.54) is 26.6 Å². The fourth-order valence-electron chi connectivity index (χ4n) is 3.02. The van der Waals surface area contributed by atoms with Crippen molar-refractivity contribution in [3.63, 3.8) is 0 Å². The van der Waals surface area contributed by atoms with E-state index < -0.39 is 0 Å². The molecule has 7 heteroatoms. The molecule has 0 bridgehead atoms. The summed E-state index contributed by atoms with van der Waals surface area (Å²) in [5, 5.41) is 0. The number of fused-ring (bicyclic) bond motifs is 1. The van der Waals surface area contributed by atoms with E-state index in [0.717, 1.165) is 0 Å². The minimum absolute atomic E-state index is 0.161. The van der Waals surface area contributed by atoms with Crippen molar-refractivity contribution in [2.45, 2.75) is 0 Å². The van der Waals surface area contributed by atoms with Gasteiger partial charge in [-0.15, -0.1) is 0 Å². The molecule has 2 heterocycles. The van der Waals surface area contributed by atoms with Crippen molar-refractivity contribution in [3.05, 3.63) is 77.4 Å². The molecule has 30 heavy (non-hydrogen) atoms. The number of benzene rings is 2. The molecule has 3 aromatic rings. The first-order valence-electron chi connectivity index (χ1n) is 9.09. The predicted octanol–water partition coefficient (Wildman–Crippen LogP) is 4.17. The monoisotopic (exact) mass is 406 g/mol. The summed E-state index contributed by atoms with van der Waals surface area (Å²) < 4.78 is 26.9. The minimum atomic E-state index is -0.276. The predicted molar refractivity (Wildman–Crippen MR) is 107 cm³/mol. The van der Waals surface area contributed by atoms with Crippen LogP contribution in [0.15, 0.2) is 65.0 Å². The zero-order chi connectivity index (χ0) is 21.1. The highest BCUT2D eigenvalue weighted by Crippen LogP contribution is 2.35. The standard InChI is InChI=1S/C23H18O7/c1-26-14-6-8-20(27-2)18(10-14)19(24)13-29-16-5-7-17-21(11-16)30-22(23(17)25)12-15-4-3-9-28-15/h3-12H,13H2,1-2H3. The topological polar surface area (TPSA) is 84.2 Å².